The second-order valence-corrected chi connectivity index (χ2v) is 7.62. The summed E-state index contributed by atoms with van der Waals surface area (Å²) in [5, 5.41) is 0.126. The number of rotatable bonds is 0. The van der Waals surface area contributed by atoms with E-state index in [1.807, 2.05) is 0 Å². The Kier molecular flexibility index (Phi) is 2.54. The van der Waals surface area contributed by atoms with Gasteiger partial charge in [0.05, 0.1) is 22.6 Å². The molecule has 1 aliphatic heterocycles. The molecule has 0 aromatic heterocycles. The Balaban J connectivity index is 2.32. The number of carbonyl (C=O) groups excluding carboxylic acids is 1. The quantitative estimate of drug-likeness (QED) is 0.489. The number of alkyl halides is 4. The van der Waals surface area contributed by atoms with Crippen molar-refractivity contribution in [1.82, 2.24) is 0 Å². The van der Waals surface area contributed by atoms with Crippen LogP contribution in [0.15, 0.2) is 10.1 Å². The molecular formula is C9H4Cl6O2. The maximum atomic E-state index is 11.7. The van der Waals surface area contributed by atoms with Gasteiger partial charge in [0.25, 0.3) is 0 Å². The highest BCUT2D eigenvalue weighted by Crippen LogP contribution is 2.77. The molecule has 17 heavy (non-hydrogen) atoms. The third kappa shape index (κ3) is 1.05. The number of hydrogen-bond acceptors (Lipinski definition) is 2. The number of ether oxygens (including phenoxy) is 1. The molecule has 0 amide bonds. The molecular weight excluding hydrogens is 353 g/mol. The zero-order valence-electron chi connectivity index (χ0n) is 7.95. The maximum Gasteiger partial charge on any atom is 0.311 e. The molecule has 94 valence electrons. The van der Waals surface area contributed by atoms with Crippen LogP contribution in [0.3, 0.4) is 0 Å². The summed E-state index contributed by atoms with van der Waals surface area (Å²) in [6, 6.07) is 0. The number of fused-ring (bicyclic) bond motifs is 5. The minimum atomic E-state index is -1.65. The third-order valence-electron chi connectivity index (χ3n) is 3.75. The van der Waals surface area contributed by atoms with Crippen molar-refractivity contribution >= 4 is 75.6 Å². The predicted molar refractivity (Wildman–Crippen MR) is 68.3 cm³/mol. The summed E-state index contributed by atoms with van der Waals surface area (Å²) in [6.45, 7) is 0.0864. The molecule has 3 rings (SSSR count). The molecule has 3 aliphatic rings. The van der Waals surface area contributed by atoms with Crippen LogP contribution in [0.1, 0.15) is 0 Å². The van der Waals surface area contributed by atoms with Crippen molar-refractivity contribution in [1.29, 1.82) is 0 Å². The first-order valence-corrected chi connectivity index (χ1v) is 6.96. The Bertz CT molecular complexity index is 474. The van der Waals surface area contributed by atoms with E-state index < -0.39 is 31.9 Å². The van der Waals surface area contributed by atoms with E-state index in [-0.39, 0.29) is 16.7 Å². The highest BCUT2D eigenvalue weighted by molar-refractivity contribution is 6.66. The largest absolute Gasteiger partial charge is 0.465 e. The Hall–Kier alpha value is 0.950. The lowest BCUT2D eigenvalue weighted by Gasteiger charge is -2.33. The molecule has 0 radical (unpaired) electrons. The summed E-state index contributed by atoms with van der Waals surface area (Å²) in [5.74, 6) is -1.74. The average Bonchev–Trinajstić information content (AvgIpc) is 2.73. The Morgan fingerprint density at radius 3 is 2.18 bits per heavy atom. The Morgan fingerprint density at radius 2 is 1.59 bits per heavy atom. The number of cyclic esters (lactones) is 1. The van der Waals surface area contributed by atoms with E-state index >= 15 is 0 Å². The standard InChI is InChI=1S/C9H4Cl6O2/c10-4-5(11)8(13)3-2(1-17-6(3)16)7(4,12)9(8,14)15/h2-3H,1H2/t2-,3-,7-,8+/m0/s1. The van der Waals surface area contributed by atoms with Crippen molar-refractivity contribution in [3.05, 3.63) is 10.1 Å². The normalized spacial score (nSPS) is 50.8. The number of halogens is 6. The van der Waals surface area contributed by atoms with Gasteiger partial charge in [-0.1, -0.05) is 46.4 Å². The van der Waals surface area contributed by atoms with Gasteiger partial charge in [-0.3, -0.25) is 4.79 Å². The van der Waals surface area contributed by atoms with E-state index in [0.29, 0.717) is 0 Å². The van der Waals surface area contributed by atoms with Crippen LogP contribution in [0.4, 0.5) is 0 Å². The summed E-state index contributed by atoms with van der Waals surface area (Å²) in [5.41, 5.74) is 0. The second kappa shape index (κ2) is 3.34. The fraction of sp³-hybridized carbons (Fsp3) is 0.667. The first kappa shape index (κ1) is 13.0. The lowest BCUT2D eigenvalue weighted by Crippen LogP contribution is -2.46. The first-order valence-electron chi connectivity index (χ1n) is 4.69. The van der Waals surface area contributed by atoms with E-state index in [1.165, 1.54) is 0 Å². The van der Waals surface area contributed by atoms with Crippen LogP contribution in [-0.2, 0) is 9.53 Å². The predicted octanol–water partition coefficient (Wildman–Crippen LogP) is 3.62. The summed E-state index contributed by atoms with van der Waals surface area (Å²) in [6.07, 6.45) is 0. The molecule has 2 bridgehead atoms. The van der Waals surface area contributed by atoms with Crippen LogP contribution >= 0.6 is 69.6 Å². The van der Waals surface area contributed by atoms with Gasteiger partial charge in [0.15, 0.2) is 4.33 Å². The van der Waals surface area contributed by atoms with Crippen molar-refractivity contribution in [2.45, 2.75) is 14.1 Å². The summed E-state index contributed by atoms with van der Waals surface area (Å²) in [7, 11) is 0. The topological polar surface area (TPSA) is 26.3 Å². The minimum absolute atomic E-state index is 0.0286. The van der Waals surface area contributed by atoms with Crippen molar-refractivity contribution in [3.63, 3.8) is 0 Å². The Morgan fingerprint density at radius 1 is 1.06 bits per heavy atom. The van der Waals surface area contributed by atoms with Crippen molar-refractivity contribution in [3.8, 4) is 0 Å². The van der Waals surface area contributed by atoms with Gasteiger partial charge < -0.3 is 4.74 Å². The molecule has 4 atom stereocenters. The van der Waals surface area contributed by atoms with Crippen LogP contribution in [-0.4, -0.2) is 26.7 Å². The smallest absolute Gasteiger partial charge is 0.311 e. The van der Waals surface area contributed by atoms with Crippen LogP contribution in [0, 0.1) is 11.8 Å². The van der Waals surface area contributed by atoms with Crippen molar-refractivity contribution in [2.75, 3.05) is 6.61 Å². The van der Waals surface area contributed by atoms with Gasteiger partial charge >= 0.3 is 5.97 Å². The van der Waals surface area contributed by atoms with E-state index in [1.54, 1.807) is 0 Å². The highest BCUT2D eigenvalue weighted by atomic mass is 35.5. The maximum absolute atomic E-state index is 11.7. The van der Waals surface area contributed by atoms with Crippen molar-refractivity contribution in [2.24, 2.45) is 11.8 Å². The summed E-state index contributed by atoms with van der Waals surface area (Å²) >= 11 is 37.5. The zero-order valence-corrected chi connectivity index (χ0v) is 12.5. The summed E-state index contributed by atoms with van der Waals surface area (Å²) < 4.78 is 3.31. The molecule has 0 spiro atoms. The number of allylic oxidation sites excluding steroid dienone is 2. The number of esters is 1. The van der Waals surface area contributed by atoms with Gasteiger partial charge in [-0.15, -0.1) is 23.2 Å². The monoisotopic (exact) mass is 354 g/mol. The number of hydrogen-bond donors (Lipinski definition) is 0. The molecule has 1 heterocycles. The van der Waals surface area contributed by atoms with Crippen LogP contribution in [0.5, 0.6) is 0 Å². The second-order valence-electron chi connectivity index (χ2n) is 4.34. The molecule has 0 aromatic rings. The first-order chi connectivity index (χ1) is 7.70. The molecule has 1 saturated carbocycles. The number of carbonyl (C=O) groups is 1. The van der Waals surface area contributed by atoms with Gasteiger partial charge in [-0.2, -0.15) is 0 Å². The highest BCUT2D eigenvalue weighted by Gasteiger charge is 2.85. The molecule has 0 N–H and O–H groups in total. The van der Waals surface area contributed by atoms with Crippen LogP contribution < -0.4 is 0 Å². The van der Waals surface area contributed by atoms with Gasteiger partial charge in [0.1, 0.15) is 9.75 Å². The lowest BCUT2D eigenvalue weighted by molar-refractivity contribution is -0.141. The van der Waals surface area contributed by atoms with Crippen LogP contribution in [0.2, 0.25) is 0 Å². The molecule has 0 aromatic carbocycles. The van der Waals surface area contributed by atoms with E-state index in [0.717, 1.165) is 0 Å². The van der Waals surface area contributed by atoms with Gasteiger partial charge in [0, 0.05) is 5.92 Å². The molecule has 2 nitrogen and oxygen atoms in total. The SMILES string of the molecule is O=C1OC[C@H]2[C@@H]1[C@@]1(Cl)C(Cl)=C(Cl)[C@]2(Cl)C1(Cl)Cl. The zero-order chi connectivity index (χ0) is 12.8. The molecule has 2 fully saturated rings. The average molecular weight is 357 g/mol. The van der Waals surface area contributed by atoms with E-state index in [2.05, 4.69) is 0 Å². The van der Waals surface area contributed by atoms with E-state index in [4.69, 9.17) is 74.3 Å². The van der Waals surface area contributed by atoms with Gasteiger partial charge in [0.2, 0.25) is 0 Å². The molecule has 2 aliphatic carbocycles. The third-order valence-corrected chi connectivity index (χ3v) is 8.05. The van der Waals surface area contributed by atoms with Gasteiger partial charge in [-0.05, 0) is 0 Å². The van der Waals surface area contributed by atoms with E-state index in [9.17, 15) is 4.79 Å². The summed E-state index contributed by atoms with van der Waals surface area (Å²) in [4.78, 5) is 8.83. The minimum Gasteiger partial charge on any atom is -0.465 e. The Labute approximate surface area is 127 Å². The van der Waals surface area contributed by atoms with Crippen molar-refractivity contribution < 1.29 is 9.53 Å². The fourth-order valence-electron chi connectivity index (χ4n) is 2.89. The molecule has 8 heteroatoms. The fourth-order valence-corrected chi connectivity index (χ4v) is 5.88. The molecule has 0 unspecified atom stereocenters. The van der Waals surface area contributed by atoms with Crippen LogP contribution in [0.25, 0.3) is 0 Å². The lowest BCUT2D eigenvalue weighted by atomic mass is 9.84. The molecule has 1 saturated heterocycles. The van der Waals surface area contributed by atoms with Gasteiger partial charge in [-0.25, -0.2) is 0 Å².